The Morgan fingerprint density at radius 3 is 2.68 bits per heavy atom. The lowest BCUT2D eigenvalue weighted by Gasteiger charge is -2.20. The van der Waals surface area contributed by atoms with Gasteiger partial charge in [-0.15, -0.1) is 0 Å². The summed E-state index contributed by atoms with van der Waals surface area (Å²) in [7, 11) is 0. The summed E-state index contributed by atoms with van der Waals surface area (Å²) in [6.45, 7) is 0.372. The molecule has 6 heteroatoms. The van der Waals surface area contributed by atoms with Crippen LogP contribution >= 0.6 is 0 Å². The number of aromatic nitrogens is 2. The lowest BCUT2D eigenvalue weighted by atomic mass is 9.95. The zero-order valence-electron chi connectivity index (χ0n) is 13.6. The van der Waals surface area contributed by atoms with E-state index < -0.39 is 5.41 Å². The van der Waals surface area contributed by atoms with Crippen molar-refractivity contribution in [2.75, 3.05) is 6.54 Å². The average molecular weight is 339 g/mol. The van der Waals surface area contributed by atoms with Crippen LogP contribution in [-0.2, 0) is 10.2 Å². The number of rotatable bonds is 6. The van der Waals surface area contributed by atoms with Crippen LogP contribution in [0.3, 0.4) is 0 Å². The monoisotopic (exact) mass is 339 g/mol. The van der Waals surface area contributed by atoms with Gasteiger partial charge in [-0.1, -0.05) is 12.1 Å². The van der Waals surface area contributed by atoms with Crippen molar-refractivity contribution in [1.29, 1.82) is 0 Å². The largest absolute Gasteiger partial charge is 0.467 e. The second-order valence-electron chi connectivity index (χ2n) is 6.32. The van der Waals surface area contributed by atoms with E-state index in [0.717, 1.165) is 24.2 Å². The molecule has 0 aliphatic heterocycles. The predicted molar refractivity (Wildman–Crippen MR) is 89.4 cm³/mol. The van der Waals surface area contributed by atoms with Crippen LogP contribution in [0, 0.1) is 5.82 Å². The minimum atomic E-state index is -0.536. The number of furan rings is 1. The van der Waals surface area contributed by atoms with Crippen LogP contribution in [-0.4, -0.2) is 22.2 Å². The van der Waals surface area contributed by atoms with Crippen molar-refractivity contribution in [2.24, 2.45) is 0 Å². The maximum Gasteiger partial charge on any atom is 0.230 e. The molecule has 128 valence electrons. The molecule has 3 aromatic rings. The van der Waals surface area contributed by atoms with Gasteiger partial charge in [0.1, 0.15) is 17.6 Å². The minimum absolute atomic E-state index is 0.0391. The molecule has 1 N–H and O–H groups in total. The molecule has 2 heterocycles. The molecule has 0 spiro atoms. The standard InChI is InChI=1S/C19H18FN3O2/c20-15-6-4-14(5-7-15)19(8-9-19)18(24)21-13-16(17-3-1-12-25-17)23-11-2-10-22-23/h1-7,10-12,16H,8-9,13H2,(H,21,24)/t16-/m1/s1. The first-order valence-electron chi connectivity index (χ1n) is 8.26. The van der Waals surface area contributed by atoms with Gasteiger partial charge in [-0.25, -0.2) is 4.39 Å². The normalized spacial score (nSPS) is 16.4. The average Bonchev–Trinajstić information content (AvgIpc) is 3.02. The van der Waals surface area contributed by atoms with Gasteiger partial charge in [-0.2, -0.15) is 5.10 Å². The van der Waals surface area contributed by atoms with Crippen LogP contribution < -0.4 is 5.32 Å². The Kier molecular flexibility index (Phi) is 3.87. The van der Waals surface area contributed by atoms with Crippen molar-refractivity contribution in [2.45, 2.75) is 24.3 Å². The molecule has 0 bridgehead atoms. The maximum atomic E-state index is 13.1. The molecule has 0 unspecified atom stereocenters. The molecule has 5 nitrogen and oxygen atoms in total. The van der Waals surface area contributed by atoms with Crippen molar-refractivity contribution in [3.05, 3.63) is 78.3 Å². The van der Waals surface area contributed by atoms with Gasteiger partial charge in [-0.05, 0) is 48.7 Å². The third kappa shape index (κ3) is 2.95. The van der Waals surface area contributed by atoms with Gasteiger partial charge in [0, 0.05) is 18.9 Å². The summed E-state index contributed by atoms with van der Waals surface area (Å²) in [6.07, 6.45) is 6.69. The van der Waals surface area contributed by atoms with Crippen molar-refractivity contribution in [1.82, 2.24) is 15.1 Å². The van der Waals surface area contributed by atoms with E-state index in [4.69, 9.17) is 4.42 Å². The highest BCUT2D eigenvalue weighted by atomic mass is 19.1. The molecule has 1 atom stereocenters. The smallest absolute Gasteiger partial charge is 0.230 e. The molecule has 0 radical (unpaired) electrons. The van der Waals surface area contributed by atoms with Gasteiger partial charge in [0.2, 0.25) is 5.91 Å². The van der Waals surface area contributed by atoms with E-state index in [2.05, 4.69) is 10.4 Å². The molecule has 2 aromatic heterocycles. The second kappa shape index (κ2) is 6.20. The highest BCUT2D eigenvalue weighted by Crippen LogP contribution is 2.48. The van der Waals surface area contributed by atoms with E-state index in [1.54, 1.807) is 29.3 Å². The lowest BCUT2D eigenvalue weighted by Crippen LogP contribution is -2.38. The molecule has 1 amide bonds. The van der Waals surface area contributed by atoms with Crippen molar-refractivity contribution < 1.29 is 13.6 Å². The number of nitrogens with zero attached hydrogens (tertiary/aromatic N) is 2. The fraction of sp³-hybridized carbons (Fsp3) is 0.263. The van der Waals surface area contributed by atoms with Crippen molar-refractivity contribution in [3.8, 4) is 0 Å². The Balaban J connectivity index is 1.50. The van der Waals surface area contributed by atoms with E-state index in [1.165, 1.54) is 12.1 Å². The number of hydrogen-bond donors (Lipinski definition) is 1. The van der Waals surface area contributed by atoms with E-state index in [-0.39, 0.29) is 17.8 Å². The highest BCUT2D eigenvalue weighted by Gasteiger charge is 2.51. The Morgan fingerprint density at radius 2 is 2.08 bits per heavy atom. The Hall–Kier alpha value is -2.89. The summed E-state index contributed by atoms with van der Waals surface area (Å²) in [4.78, 5) is 12.8. The fourth-order valence-corrected chi connectivity index (χ4v) is 3.17. The maximum absolute atomic E-state index is 13.1. The van der Waals surface area contributed by atoms with Gasteiger partial charge in [-0.3, -0.25) is 9.48 Å². The number of halogens is 1. The highest BCUT2D eigenvalue weighted by molar-refractivity contribution is 5.91. The van der Waals surface area contributed by atoms with Crippen LogP contribution in [0.4, 0.5) is 4.39 Å². The number of benzene rings is 1. The van der Waals surface area contributed by atoms with Gasteiger partial charge >= 0.3 is 0 Å². The van der Waals surface area contributed by atoms with Crippen LogP contribution in [0.2, 0.25) is 0 Å². The van der Waals surface area contributed by atoms with Crippen LogP contribution in [0.1, 0.15) is 30.2 Å². The van der Waals surface area contributed by atoms with E-state index in [9.17, 15) is 9.18 Å². The molecule has 1 aliphatic rings. The number of carbonyl (C=O) groups is 1. The molecule has 1 aromatic carbocycles. The topological polar surface area (TPSA) is 60.1 Å². The summed E-state index contributed by atoms with van der Waals surface area (Å²) < 4.78 is 20.4. The molecular formula is C19H18FN3O2. The first-order chi connectivity index (χ1) is 12.2. The number of amides is 1. The Morgan fingerprint density at radius 1 is 1.28 bits per heavy atom. The second-order valence-corrected chi connectivity index (χ2v) is 6.32. The lowest BCUT2D eigenvalue weighted by molar-refractivity contribution is -0.123. The SMILES string of the molecule is O=C(NC[C@H](c1ccco1)n1cccn1)C1(c2ccc(F)cc2)CC1. The van der Waals surface area contributed by atoms with E-state index >= 15 is 0 Å². The third-order valence-corrected chi connectivity index (χ3v) is 4.75. The quantitative estimate of drug-likeness (QED) is 0.751. The molecule has 0 saturated heterocycles. The fourth-order valence-electron chi connectivity index (χ4n) is 3.17. The Bertz CT molecular complexity index is 803. The zero-order valence-corrected chi connectivity index (χ0v) is 13.6. The molecular weight excluding hydrogens is 321 g/mol. The molecule has 4 rings (SSSR count). The van der Waals surface area contributed by atoms with Crippen LogP contribution in [0.25, 0.3) is 0 Å². The van der Waals surface area contributed by atoms with Gasteiger partial charge < -0.3 is 9.73 Å². The third-order valence-electron chi connectivity index (χ3n) is 4.75. The molecule has 1 aliphatic carbocycles. The predicted octanol–water partition coefficient (Wildman–Crippen LogP) is 3.05. The molecule has 1 saturated carbocycles. The summed E-state index contributed by atoms with van der Waals surface area (Å²) in [5.41, 5.74) is 0.325. The number of carbonyl (C=O) groups excluding carboxylic acids is 1. The van der Waals surface area contributed by atoms with Crippen molar-refractivity contribution in [3.63, 3.8) is 0 Å². The summed E-state index contributed by atoms with van der Waals surface area (Å²) >= 11 is 0. The molecule has 1 fully saturated rings. The van der Waals surface area contributed by atoms with Crippen LogP contribution in [0.15, 0.2) is 65.5 Å². The Labute approximate surface area is 144 Å². The van der Waals surface area contributed by atoms with E-state index in [1.807, 2.05) is 24.4 Å². The van der Waals surface area contributed by atoms with Gasteiger partial charge in [0.15, 0.2) is 0 Å². The van der Waals surface area contributed by atoms with Gasteiger partial charge in [0.25, 0.3) is 0 Å². The van der Waals surface area contributed by atoms with Crippen LogP contribution in [0.5, 0.6) is 0 Å². The number of nitrogens with one attached hydrogen (secondary N) is 1. The number of hydrogen-bond acceptors (Lipinski definition) is 3. The first kappa shape index (κ1) is 15.6. The van der Waals surface area contributed by atoms with E-state index in [0.29, 0.717) is 6.54 Å². The minimum Gasteiger partial charge on any atom is -0.467 e. The first-order valence-corrected chi connectivity index (χ1v) is 8.26. The summed E-state index contributed by atoms with van der Waals surface area (Å²) in [6, 6.07) is 11.5. The van der Waals surface area contributed by atoms with Gasteiger partial charge in [0.05, 0.1) is 11.7 Å². The molecule has 25 heavy (non-hydrogen) atoms. The summed E-state index contributed by atoms with van der Waals surface area (Å²) in [5, 5.41) is 7.28. The zero-order chi connectivity index (χ0) is 17.3. The summed E-state index contributed by atoms with van der Waals surface area (Å²) in [5.74, 6) is 0.398. The van der Waals surface area contributed by atoms with Crippen molar-refractivity contribution >= 4 is 5.91 Å².